The second kappa shape index (κ2) is 14.2. The van der Waals surface area contributed by atoms with Gasteiger partial charge in [-0.25, -0.2) is 0 Å². The summed E-state index contributed by atoms with van der Waals surface area (Å²) in [5.74, 6) is -0.828. The van der Waals surface area contributed by atoms with E-state index < -0.39 is 17.9 Å². The molecule has 1 aromatic carbocycles. The van der Waals surface area contributed by atoms with Crippen LogP contribution in [0.3, 0.4) is 0 Å². The summed E-state index contributed by atoms with van der Waals surface area (Å²) >= 11 is 0. The lowest BCUT2D eigenvalue weighted by Gasteiger charge is -2.31. The lowest BCUT2D eigenvalue weighted by molar-refractivity contribution is -0.140. The van der Waals surface area contributed by atoms with Crippen molar-refractivity contribution in [1.82, 2.24) is 15.1 Å². The first-order valence-corrected chi connectivity index (χ1v) is 13.2. The molecule has 1 aliphatic heterocycles. The standard InChI is InChI=1S/C27H42N4O4/c1-2-30(19-22-11-7-4-8-12-22)20-24(26(28)33)29-27(34)23(17-21-9-5-3-6-10-21)18-25(32)31-13-15-35-16-14-31/h4,7-8,11-12,21,23-24H,2-3,5-6,9-10,13-20H2,1H3,(H2,28,33)(H,29,34). The summed E-state index contributed by atoms with van der Waals surface area (Å²) < 4.78 is 5.36. The highest BCUT2D eigenvalue weighted by Crippen LogP contribution is 2.30. The molecule has 35 heavy (non-hydrogen) atoms. The number of amides is 3. The van der Waals surface area contributed by atoms with Crippen molar-refractivity contribution in [1.29, 1.82) is 0 Å². The number of ether oxygens (including phenoxy) is 1. The second-order valence-corrected chi connectivity index (χ2v) is 9.91. The fourth-order valence-corrected chi connectivity index (χ4v) is 5.16. The number of nitrogens with two attached hydrogens (primary N) is 1. The van der Waals surface area contributed by atoms with Gasteiger partial charge in [0.2, 0.25) is 17.7 Å². The molecule has 2 fully saturated rings. The molecular weight excluding hydrogens is 444 g/mol. The maximum absolute atomic E-state index is 13.4. The molecule has 1 aliphatic carbocycles. The molecule has 3 N–H and O–H groups in total. The molecule has 2 aliphatic rings. The fraction of sp³-hybridized carbons (Fsp3) is 0.667. The van der Waals surface area contributed by atoms with E-state index in [0.717, 1.165) is 24.9 Å². The molecule has 3 rings (SSSR count). The summed E-state index contributed by atoms with van der Waals surface area (Å²) in [5.41, 5.74) is 6.85. The van der Waals surface area contributed by atoms with Crippen LogP contribution in [0.25, 0.3) is 0 Å². The average Bonchev–Trinajstić information content (AvgIpc) is 2.88. The number of morpholine rings is 1. The number of hydrogen-bond donors (Lipinski definition) is 2. The molecule has 1 saturated carbocycles. The minimum absolute atomic E-state index is 0.0147. The first-order chi connectivity index (χ1) is 17.0. The van der Waals surface area contributed by atoms with Crippen molar-refractivity contribution in [2.24, 2.45) is 17.6 Å². The Morgan fingerprint density at radius 3 is 2.43 bits per heavy atom. The molecule has 8 nitrogen and oxygen atoms in total. The van der Waals surface area contributed by atoms with Crippen LogP contribution in [0.5, 0.6) is 0 Å². The van der Waals surface area contributed by atoms with E-state index in [1.54, 1.807) is 4.90 Å². The Hall–Kier alpha value is -2.45. The predicted octanol–water partition coefficient (Wildman–Crippen LogP) is 2.31. The van der Waals surface area contributed by atoms with Crippen LogP contribution >= 0.6 is 0 Å². The van der Waals surface area contributed by atoms with Crippen molar-refractivity contribution in [3.05, 3.63) is 35.9 Å². The topological polar surface area (TPSA) is 105 Å². The first kappa shape index (κ1) is 27.1. The van der Waals surface area contributed by atoms with E-state index in [-0.39, 0.29) is 18.2 Å². The SMILES string of the molecule is CCN(Cc1ccccc1)CC(NC(=O)C(CC(=O)N1CCOCC1)CC1CCCCC1)C(N)=O. The van der Waals surface area contributed by atoms with Crippen molar-refractivity contribution in [2.45, 2.75) is 64.5 Å². The average molecular weight is 487 g/mol. The number of nitrogens with one attached hydrogen (secondary N) is 1. The van der Waals surface area contributed by atoms with Gasteiger partial charge in [0.1, 0.15) is 6.04 Å². The van der Waals surface area contributed by atoms with Crippen LogP contribution < -0.4 is 11.1 Å². The molecule has 0 radical (unpaired) electrons. The molecule has 0 bridgehead atoms. The third-order valence-electron chi connectivity index (χ3n) is 7.30. The van der Waals surface area contributed by atoms with Gasteiger partial charge in [-0.1, -0.05) is 69.4 Å². The van der Waals surface area contributed by atoms with Crippen LogP contribution in [0, 0.1) is 11.8 Å². The minimum atomic E-state index is -0.807. The van der Waals surface area contributed by atoms with Crippen LogP contribution in [0.1, 0.15) is 57.4 Å². The van der Waals surface area contributed by atoms with Gasteiger partial charge in [-0.15, -0.1) is 0 Å². The highest BCUT2D eigenvalue weighted by atomic mass is 16.5. The van der Waals surface area contributed by atoms with Crippen LogP contribution in [-0.2, 0) is 25.7 Å². The van der Waals surface area contributed by atoms with Crippen LogP contribution in [0.2, 0.25) is 0 Å². The monoisotopic (exact) mass is 486 g/mol. The van der Waals surface area contributed by atoms with Gasteiger partial charge in [0.25, 0.3) is 0 Å². The van der Waals surface area contributed by atoms with Crippen molar-refractivity contribution in [2.75, 3.05) is 39.4 Å². The number of nitrogens with zero attached hydrogens (tertiary/aromatic N) is 2. The van der Waals surface area contributed by atoms with Crippen LogP contribution in [-0.4, -0.2) is 73.0 Å². The quantitative estimate of drug-likeness (QED) is 0.472. The summed E-state index contributed by atoms with van der Waals surface area (Å²) in [6.45, 7) is 5.92. The molecule has 1 heterocycles. The van der Waals surface area contributed by atoms with E-state index in [1.165, 1.54) is 19.3 Å². The second-order valence-electron chi connectivity index (χ2n) is 9.91. The Morgan fingerprint density at radius 2 is 1.80 bits per heavy atom. The van der Waals surface area contributed by atoms with Crippen molar-refractivity contribution < 1.29 is 19.1 Å². The molecule has 2 atom stereocenters. The number of likely N-dealkylation sites (N-methyl/N-ethyl adjacent to an activating group) is 1. The lowest BCUT2D eigenvalue weighted by atomic mass is 9.81. The van der Waals surface area contributed by atoms with Gasteiger partial charge in [-0.05, 0) is 24.4 Å². The molecular formula is C27H42N4O4. The van der Waals surface area contributed by atoms with E-state index in [0.29, 0.717) is 51.7 Å². The molecule has 0 spiro atoms. The lowest BCUT2D eigenvalue weighted by Crippen LogP contribution is -2.53. The maximum atomic E-state index is 13.4. The first-order valence-electron chi connectivity index (χ1n) is 13.2. The molecule has 1 saturated heterocycles. The Bertz CT molecular complexity index is 807. The van der Waals surface area contributed by atoms with Gasteiger partial charge in [0.15, 0.2) is 0 Å². The van der Waals surface area contributed by atoms with E-state index in [4.69, 9.17) is 10.5 Å². The molecule has 2 unspecified atom stereocenters. The number of benzene rings is 1. The van der Waals surface area contributed by atoms with Gasteiger partial charge in [0.05, 0.1) is 13.2 Å². The molecule has 0 aromatic heterocycles. The number of carbonyl (C=O) groups is 3. The Kier molecular flexibility index (Phi) is 11.0. The highest BCUT2D eigenvalue weighted by Gasteiger charge is 2.31. The van der Waals surface area contributed by atoms with Gasteiger partial charge >= 0.3 is 0 Å². The van der Waals surface area contributed by atoms with E-state index in [1.807, 2.05) is 37.3 Å². The van der Waals surface area contributed by atoms with E-state index in [9.17, 15) is 14.4 Å². The molecule has 194 valence electrons. The van der Waals surface area contributed by atoms with Crippen molar-refractivity contribution in [3.63, 3.8) is 0 Å². The number of hydrogen-bond acceptors (Lipinski definition) is 5. The zero-order valence-electron chi connectivity index (χ0n) is 21.1. The van der Waals surface area contributed by atoms with Gasteiger partial charge in [-0.3, -0.25) is 19.3 Å². The summed E-state index contributed by atoms with van der Waals surface area (Å²) in [6.07, 6.45) is 6.60. The summed E-state index contributed by atoms with van der Waals surface area (Å²) in [7, 11) is 0. The molecule has 1 aromatic rings. The Labute approximate surface area is 209 Å². The zero-order chi connectivity index (χ0) is 25.0. The highest BCUT2D eigenvalue weighted by molar-refractivity contribution is 5.90. The Balaban J connectivity index is 1.65. The third-order valence-corrected chi connectivity index (χ3v) is 7.30. The van der Waals surface area contributed by atoms with Gasteiger partial charge < -0.3 is 20.7 Å². The van der Waals surface area contributed by atoms with Crippen molar-refractivity contribution in [3.8, 4) is 0 Å². The predicted molar refractivity (Wildman–Crippen MR) is 135 cm³/mol. The van der Waals surface area contributed by atoms with Crippen LogP contribution in [0.4, 0.5) is 0 Å². The molecule has 8 heteroatoms. The van der Waals surface area contributed by atoms with Crippen LogP contribution in [0.15, 0.2) is 30.3 Å². The maximum Gasteiger partial charge on any atom is 0.241 e. The number of primary amides is 1. The smallest absolute Gasteiger partial charge is 0.241 e. The normalized spacial score (nSPS) is 18.7. The molecule has 3 amide bonds. The zero-order valence-corrected chi connectivity index (χ0v) is 21.1. The van der Waals surface area contributed by atoms with Gasteiger partial charge in [-0.2, -0.15) is 0 Å². The Morgan fingerprint density at radius 1 is 1.11 bits per heavy atom. The van der Waals surface area contributed by atoms with E-state index >= 15 is 0 Å². The fourth-order valence-electron chi connectivity index (χ4n) is 5.16. The minimum Gasteiger partial charge on any atom is -0.378 e. The summed E-state index contributed by atoms with van der Waals surface area (Å²) in [5, 5.41) is 2.91. The third kappa shape index (κ3) is 8.93. The van der Waals surface area contributed by atoms with Crippen molar-refractivity contribution >= 4 is 17.7 Å². The number of carbonyl (C=O) groups excluding carboxylic acids is 3. The van der Waals surface area contributed by atoms with E-state index in [2.05, 4.69) is 10.2 Å². The van der Waals surface area contributed by atoms with Gasteiger partial charge in [0, 0.05) is 38.5 Å². The number of rotatable bonds is 12. The summed E-state index contributed by atoms with van der Waals surface area (Å²) in [4.78, 5) is 42.6. The largest absolute Gasteiger partial charge is 0.378 e. The summed E-state index contributed by atoms with van der Waals surface area (Å²) in [6, 6.07) is 9.21.